The highest BCUT2D eigenvalue weighted by Crippen LogP contribution is 2.38. The van der Waals surface area contributed by atoms with E-state index in [2.05, 4.69) is 4.90 Å². The molecular weight excluding hydrogens is 227 g/mol. The summed E-state index contributed by atoms with van der Waals surface area (Å²) in [7, 11) is 0. The Morgan fingerprint density at radius 2 is 1.78 bits per heavy atom. The molecule has 2 unspecified atom stereocenters. The first kappa shape index (κ1) is 12.1. The predicted molar refractivity (Wildman–Crippen MR) is 70.7 cm³/mol. The molecule has 2 aliphatic rings. The zero-order chi connectivity index (χ0) is 12.5. The molecule has 2 fully saturated rings. The molecule has 1 aliphatic heterocycles. The number of hydrogen-bond donors (Lipinski definition) is 1. The summed E-state index contributed by atoms with van der Waals surface area (Å²) in [6, 6.07) is 8.08. The molecule has 1 aromatic rings. The van der Waals surface area contributed by atoms with Gasteiger partial charge in [-0.3, -0.25) is 4.90 Å². The summed E-state index contributed by atoms with van der Waals surface area (Å²) < 4.78 is 13.1. The van der Waals surface area contributed by atoms with Gasteiger partial charge in [-0.2, -0.15) is 0 Å². The normalized spacial score (nSPS) is 30.1. The Balaban J connectivity index is 1.89. The smallest absolute Gasteiger partial charge is 0.123 e. The maximum Gasteiger partial charge on any atom is 0.123 e. The van der Waals surface area contributed by atoms with Gasteiger partial charge in [0.05, 0.1) is 6.04 Å². The Morgan fingerprint density at radius 1 is 1.06 bits per heavy atom. The summed E-state index contributed by atoms with van der Waals surface area (Å²) >= 11 is 0. The lowest BCUT2D eigenvalue weighted by Crippen LogP contribution is -2.41. The minimum Gasteiger partial charge on any atom is -0.326 e. The Kier molecular flexibility index (Phi) is 3.35. The van der Waals surface area contributed by atoms with E-state index in [1.54, 1.807) is 12.1 Å². The molecule has 3 heteroatoms. The quantitative estimate of drug-likeness (QED) is 0.872. The number of nitrogens with zero attached hydrogens (tertiary/aromatic N) is 1. The van der Waals surface area contributed by atoms with Gasteiger partial charge in [0.2, 0.25) is 0 Å². The summed E-state index contributed by atoms with van der Waals surface area (Å²) in [5.74, 6) is -0.168. The fraction of sp³-hybridized carbons (Fsp3) is 0.600. The molecule has 0 radical (unpaired) electrons. The lowest BCUT2D eigenvalue weighted by Gasteiger charge is -2.34. The summed E-state index contributed by atoms with van der Waals surface area (Å²) in [5, 5.41) is 0. The Morgan fingerprint density at radius 3 is 2.44 bits per heavy atom. The van der Waals surface area contributed by atoms with Crippen molar-refractivity contribution in [2.75, 3.05) is 6.54 Å². The van der Waals surface area contributed by atoms with E-state index in [4.69, 9.17) is 5.73 Å². The average Bonchev–Trinajstić information content (AvgIpc) is 3.17. The second kappa shape index (κ2) is 4.98. The topological polar surface area (TPSA) is 29.3 Å². The molecule has 0 aromatic heterocycles. The van der Waals surface area contributed by atoms with Crippen LogP contribution in [0.25, 0.3) is 0 Å². The van der Waals surface area contributed by atoms with Crippen molar-refractivity contribution in [1.82, 2.24) is 4.90 Å². The minimum absolute atomic E-state index is 0.168. The summed E-state index contributed by atoms with van der Waals surface area (Å²) in [5.41, 5.74) is 7.55. The van der Waals surface area contributed by atoms with Gasteiger partial charge >= 0.3 is 0 Å². The van der Waals surface area contributed by atoms with Gasteiger partial charge in [-0.1, -0.05) is 18.6 Å². The van der Waals surface area contributed by atoms with Crippen LogP contribution in [0.5, 0.6) is 0 Å². The molecular formula is C15H21FN2. The Hall–Kier alpha value is -0.930. The first-order valence-corrected chi connectivity index (χ1v) is 7.02. The molecule has 1 heterocycles. The van der Waals surface area contributed by atoms with Gasteiger partial charge < -0.3 is 5.73 Å². The van der Waals surface area contributed by atoms with Crippen LogP contribution < -0.4 is 5.73 Å². The molecule has 0 bridgehead atoms. The van der Waals surface area contributed by atoms with Crippen LogP contribution in [0.4, 0.5) is 4.39 Å². The highest BCUT2D eigenvalue weighted by atomic mass is 19.1. The molecule has 1 saturated heterocycles. The van der Waals surface area contributed by atoms with Gasteiger partial charge in [0.15, 0.2) is 0 Å². The summed E-state index contributed by atoms with van der Waals surface area (Å²) in [4.78, 5) is 2.56. The van der Waals surface area contributed by atoms with E-state index < -0.39 is 0 Å². The van der Waals surface area contributed by atoms with Crippen LogP contribution in [-0.2, 0) is 0 Å². The van der Waals surface area contributed by atoms with Gasteiger partial charge in [-0.25, -0.2) is 4.39 Å². The molecule has 18 heavy (non-hydrogen) atoms. The van der Waals surface area contributed by atoms with Gasteiger partial charge in [-0.05, 0) is 49.9 Å². The van der Waals surface area contributed by atoms with Crippen LogP contribution in [0.15, 0.2) is 24.3 Å². The van der Waals surface area contributed by atoms with E-state index in [9.17, 15) is 4.39 Å². The van der Waals surface area contributed by atoms with Crippen molar-refractivity contribution >= 4 is 0 Å². The van der Waals surface area contributed by atoms with E-state index >= 15 is 0 Å². The van der Waals surface area contributed by atoms with Crippen LogP contribution in [0.3, 0.4) is 0 Å². The van der Waals surface area contributed by atoms with Gasteiger partial charge in [0.25, 0.3) is 0 Å². The zero-order valence-corrected chi connectivity index (χ0v) is 10.7. The SMILES string of the molecule is NC1CCCCN(C2CC2)C1c1ccc(F)cc1. The third-order valence-electron chi connectivity index (χ3n) is 4.19. The lowest BCUT2D eigenvalue weighted by atomic mass is 9.96. The summed E-state index contributed by atoms with van der Waals surface area (Å²) in [6.45, 7) is 1.14. The molecule has 2 nitrogen and oxygen atoms in total. The maximum atomic E-state index is 13.1. The number of rotatable bonds is 2. The van der Waals surface area contributed by atoms with E-state index in [1.807, 2.05) is 12.1 Å². The van der Waals surface area contributed by atoms with Crippen molar-refractivity contribution in [2.24, 2.45) is 5.73 Å². The average molecular weight is 248 g/mol. The van der Waals surface area contributed by atoms with E-state index in [1.165, 1.54) is 31.2 Å². The first-order valence-electron chi connectivity index (χ1n) is 7.02. The van der Waals surface area contributed by atoms with Crippen LogP contribution in [0.2, 0.25) is 0 Å². The number of likely N-dealkylation sites (tertiary alicyclic amines) is 1. The van der Waals surface area contributed by atoms with Crippen LogP contribution in [0.1, 0.15) is 43.7 Å². The number of nitrogens with two attached hydrogens (primary N) is 1. The van der Waals surface area contributed by atoms with Crippen molar-refractivity contribution in [3.05, 3.63) is 35.6 Å². The highest BCUT2D eigenvalue weighted by molar-refractivity contribution is 5.22. The van der Waals surface area contributed by atoms with Crippen LogP contribution >= 0.6 is 0 Å². The Labute approximate surface area is 108 Å². The zero-order valence-electron chi connectivity index (χ0n) is 10.7. The molecule has 2 atom stereocenters. The van der Waals surface area contributed by atoms with E-state index in [-0.39, 0.29) is 17.9 Å². The predicted octanol–water partition coefficient (Wildman–Crippen LogP) is 2.84. The number of halogens is 1. The van der Waals surface area contributed by atoms with E-state index in [0.717, 1.165) is 13.0 Å². The van der Waals surface area contributed by atoms with E-state index in [0.29, 0.717) is 6.04 Å². The van der Waals surface area contributed by atoms with Crippen molar-refractivity contribution in [3.63, 3.8) is 0 Å². The monoisotopic (exact) mass is 248 g/mol. The van der Waals surface area contributed by atoms with Crippen molar-refractivity contribution < 1.29 is 4.39 Å². The first-order chi connectivity index (χ1) is 8.75. The van der Waals surface area contributed by atoms with Gasteiger partial charge in [-0.15, -0.1) is 0 Å². The maximum absolute atomic E-state index is 13.1. The molecule has 1 saturated carbocycles. The number of hydrogen-bond acceptors (Lipinski definition) is 2. The third kappa shape index (κ3) is 2.43. The molecule has 0 amide bonds. The fourth-order valence-corrected chi connectivity index (χ4v) is 3.13. The number of benzene rings is 1. The fourth-order valence-electron chi connectivity index (χ4n) is 3.13. The molecule has 2 N–H and O–H groups in total. The van der Waals surface area contributed by atoms with Crippen LogP contribution in [-0.4, -0.2) is 23.5 Å². The molecule has 3 rings (SSSR count). The summed E-state index contributed by atoms with van der Waals surface area (Å²) in [6.07, 6.45) is 6.12. The second-order valence-corrected chi connectivity index (χ2v) is 5.63. The standard InChI is InChI=1S/C15H21FN2/c16-12-6-4-11(5-7-12)15-14(17)3-1-2-10-18(15)13-8-9-13/h4-7,13-15H,1-3,8-10,17H2. The largest absolute Gasteiger partial charge is 0.326 e. The minimum atomic E-state index is -0.168. The van der Waals surface area contributed by atoms with Crippen molar-refractivity contribution in [2.45, 2.75) is 50.2 Å². The second-order valence-electron chi connectivity index (χ2n) is 5.63. The molecule has 98 valence electrons. The van der Waals surface area contributed by atoms with Crippen molar-refractivity contribution in [1.29, 1.82) is 0 Å². The Bertz CT molecular complexity index is 399. The molecule has 1 aromatic carbocycles. The highest BCUT2D eigenvalue weighted by Gasteiger charge is 2.38. The molecule has 0 spiro atoms. The van der Waals surface area contributed by atoms with Crippen LogP contribution in [0, 0.1) is 5.82 Å². The molecule has 1 aliphatic carbocycles. The van der Waals surface area contributed by atoms with Crippen molar-refractivity contribution in [3.8, 4) is 0 Å². The lowest BCUT2D eigenvalue weighted by molar-refractivity contribution is 0.175. The van der Waals surface area contributed by atoms with Gasteiger partial charge in [0.1, 0.15) is 5.82 Å². The van der Waals surface area contributed by atoms with Gasteiger partial charge in [0, 0.05) is 12.1 Å². The third-order valence-corrected chi connectivity index (χ3v) is 4.19.